The second-order valence-corrected chi connectivity index (χ2v) is 11.0. The summed E-state index contributed by atoms with van der Waals surface area (Å²) in [5.41, 5.74) is 1.00. The van der Waals surface area contributed by atoms with Gasteiger partial charge in [-0.05, 0) is 25.0 Å². The Kier molecular flexibility index (Phi) is 9.66. The molecule has 2 aliphatic rings. The average molecular weight is 579 g/mol. The van der Waals surface area contributed by atoms with Crippen molar-refractivity contribution in [3.8, 4) is 28.5 Å². The number of amides is 1. The number of hydrogen-bond donors (Lipinski definition) is 2. The minimum Gasteiger partial charge on any atom is -0.493 e. The molecule has 1 saturated heterocycles. The van der Waals surface area contributed by atoms with E-state index in [9.17, 15) is 9.90 Å². The van der Waals surface area contributed by atoms with Crippen molar-refractivity contribution in [1.82, 2.24) is 19.8 Å². The third kappa shape index (κ3) is 6.25. The van der Waals surface area contributed by atoms with Crippen LogP contribution in [0.5, 0.6) is 17.2 Å². The van der Waals surface area contributed by atoms with Crippen molar-refractivity contribution in [2.75, 3.05) is 54.2 Å². The quantitative estimate of drug-likeness (QED) is 0.352. The molecule has 2 unspecified atom stereocenters. The molecule has 1 aromatic heterocycles. The number of hydrogen-bond acceptors (Lipinski definition) is 8. The number of nitrogens with one attached hydrogen (secondary N) is 1. The molecule has 2 aromatic carbocycles. The summed E-state index contributed by atoms with van der Waals surface area (Å²) >= 11 is 0. The lowest BCUT2D eigenvalue weighted by Crippen LogP contribution is -2.54. The molecule has 3 atom stereocenters. The molecule has 0 bridgehead atoms. The molecule has 2 fully saturated rings. The van der Waals surface area contributed by atoms with Crippen molar-refractivity contribution in [3.63, 3.8) is 0 Å². The number of aliphatic hydroxyl groups is 1. The Labute approximate surface area is 247 Å². The molecule has 1 amide bonds. The monoisotopic (exact) mass is 578 g/mol. The van der Waals surface area contributed by atoms with Gasteiger partial charge in [0.05, 0.1) is 45.5 Å². The Bertz CT molecular complexity index is 1330. The Morgan fingerprint density at radius 1 is 1.10 bits per heavy atom. The van der Waals surface area contributed by atoms with E-state index in [4.69, 9.17) is 23.9 Å². The molecule has 1 aliphatic heterocycles. The van der Waals surface area contributed by atoms with Gasteiger partial charge in [-0.25, -0.2) is 4.98 Å². The van der Waals surface area contributed by atoms with Crippen LogP contribution in [0.4, 0.5) is 0 Å². The summed E-state index contributed by atoms with van der Waals surface area (Å²) in [4.78, 5) is 20.9. The van der Waals surface area contributed by atoms with Crippen LogP contribution in [-0.4, -0.2) is 91.3 Å². The lowest BCUT2D eigenvalue weighted by molar-refractivity contribution is -0.0893. The molecule has 3 aromatic rings. The summed E-state index contributed by atoms with van der Waals surface area (Å²) in [5, 5.41) is 15.1. The van der Waals surface area contributed by atoms with Crippen LogP contribution in [0.15, 0.2) is 54.9 Å². The third-order valence-corrected chi connectivity index (χ3v) is 8.42. The number of carbonyl (C=O) groups excluding carboxylic acids is 1. The number of methoxy groups -OCH3 is 3. The predicted octanol–water partition coefficient (Wildman–Crippen LogP) is 3.94. The molecule has 5 rings (SSSR count). The van der Waals surface area contributed by atoms with E-state index in [1.165, 1.54) is 0 Å². The summed E-state index contributed by atoms with van der Waals surface area (Å²) in [6, 6.07) is 15.0. The molecule has 0 spiro atoms. The summed E-state index contributed by atoms with van der Waals surface area (Å²) in [7, 11) is 4.81. The fraction of sp³-hybridized carbons (Fsp3) is 0.500. The smallest absolute Gasteiger partial charge is 0.275 e. The first-order valence-electron chi connectivity index (χ1n) is 14.7. The second kappa shape index (κ2) is 13.6. The number of benzene rings is 2. The highest BCUT2D eigenvalue weighted by atomic mass is 16.5. The van der Waals surface area contributed by atoms with Crippen molar-refractivity contribution >= 4 is 5.91 Å². The molecular formula is C32H42N4O6. The van der Waals surface area contributed by atoms with E-state index >= 15 is 0 Å². The number of rotatable bonds is 11. The summed E-state index contributed by atoms with van der Waals surface area (Å²) in [5.74, 6) is 1.80. The van der Waals surface area contributed by atoms with Crippen molar-refractivity contribution in [1.29, 1.82) is 0 Å². The molecular weight excluding hydrogens is 536 g/mol. The van der Waals surface area contributed by atoms with E-state index in [0.717, 1.165) is 30.5 Å². The summed E-state index contributed by atoms with van der Waals surface area (Å²) < 4.78 is 24.2. The molecule has 0 radical (unpaired) electrons. The SMILES string of the molecule is COCC1(O)CCCCC1n1cnc(C(=O)N2CCNC[C@H]2CCOc2ccc(OC)c(OC)c2)c1-c1ccccc1. The van der Waals surface area contributed by atoms with Gasteiger partial charge in [0.1, 0.15) is 11.4 Å². The zero-order chi connectivity index (χ0) is 29.5. The molecule has 10 heteroatoms. The molecule has 1 aliphatic carbocycles. The molecule has 226 valence electrons. The van der Waals surface area contributed by atoms with Crippen molar-refractivity contribution < 1.29 is 28.8 Å². The first-order valence-corrected chi connectivity index (χ1v) is 14.7. The standard InChI is InChI=1S/C32H42N4O6/c1-39-21-32(38)15-8-7-11-28(32)36-22-34-29(30(36)23-9-5-4-6-10-23)31(37)35-17-16-33-20-24(35)14-18-42-25-12-13-26(40-2)27(19-25)41-3/h4-6,9-10,12-13,19,22,24,28,33,38H,7-8,11,14-18,20-21H2,1-3H3/t24-,28?,32?/m1/s1. The van der Waals surface area contributed by atoms with E-state index in [1.54, 1.807) is 33.7 Å². The highest BCUT2D eigenvalue weighted by Crippen LogP contribution is 2.41. The number of imidazole rings is 1. The van der Waals surface area contributed by atoms with Gasteiger partial charge in [-0.1, -0.05) is 43.2 Å². The van der Waals surface area contributed by atoms with E-state index < -0.39 is 5.60 Å². The van der Waals surface area contributed by atoms with Crippen LogP contribution in [0, 0.1) is 0 Å². The van der Waals surface area contributed by atoms with Gasteiger partial charge < -0.3 is 38.8 Å². The topological polar surface area (TPSA) is 107 Å². The second-order valence-electron chi connectivity index (χ2n) is 11.0. The highest BCUT2D eigenvalue weighted by Gasteiger charge is 2.42. The fourth-order valence-corrected chi connectivity index (χ4v) is 6.30. The van der Waals surface area contributed by atoms with Gasteiger partial charge in [-0.15, -0.1) is 0 Å². The third-order valence-electron chi connectivity index (χ3n) is 8.42. The largest absolute Gasteiger partial charge is 0.493 e. The van der Waals surface area contributed by atoms with Crippen molar-refractivity contribution in [3.05, 3.63) is 60.6 Å². The Morgan fingerprint density at radius 3 is 2.67 bits per heavy atom. The molecule has 42 heavy (non-hydrogen) atoms. The number of aromatic nitrogens is 2. The van der Waals surface area contributed by atoms with Gasteiger partial charge in [-0.3, -0.25) is 4.79 Å². The van der Waals surface area contributed by atoms with Gasteiger partial charge in [0.15, 0.2) is 17.2 Å². The average Bonchev–Trinajstić information content (AvgIpc) is 3.46. The van der Waals surface area contributed by atoms with Crippen LogP contribution < -0.4 is 19.5 Å². The summed E-state index contributed by atoms with van der Waals surface area (Å²) in [6.45, 7) is 2.60. The van der Waals surface area contributed by atoms with Crippen LogP contribution in [0.3, 0.4) is 0 Å². The van der Waals surface area contributed by atoms with E-state index in [2.05, 4.69) is 5.32 Å². The normalized spacial score (nSPS) is 22.5. The van der Waals surface area contributed by atoms with Gasteiger partial charge >= 0.3 is 0 Å². The number of piperazine rings is 1. The Morgan fingerprint density at radius 2 is 1.90 bits per heavy atom. The molecule has 2 heterocycles. The van der Waals surface area contributed by atoms with Crippen LogP contribution in [0.25, 0.3) is 11.3 Å². The van der Waals surface area contributed by atoms with E-state index in [0.29, 0.717) is 62.0 Å². The van der Waals surface area contributed by atoms with Crippen LogP contribution >= 0.6 is 0 Å². The maximum atomic E-state index is 14.2. The van der Waals surface area contributed by atoms with Crippen LogP contribution in [-0.2, 0) is 4.74 Å². The maximum absolute atomic E-state index is 14.2. The number of carbonyl (C=O) groups is 1. The zero-order valence-corrected chi connectivity index (χ0v) is 24.8. The maximum Gasteiger partial charge on any atom is 0.275 e. The first kappa shape index (κ1) is 29.9. The fourth-order valence-electron chi connectivity index (χ4n) is 6.30. The van der Waals surface area contributed by atoms with E-state index in [-0.39, 0.29) is 24.6 Å². The minimum atomic E-state index is -1.03. The number of nitrogens with zero attached hydrogens (tertiary/aromatic N) is 3. The number of ether oxygens (including phenoxy) is 4. The Balaban J connectivity index is 1.39. The zero-order valence-electron chi connectivity index (χ0n) is 24.8. The summed E-state index contributed by atoms with van der Waals surface area (Å²) in [6.07, 6.45) is 5.72. The first-order chi connectivity index (χ1) is 20.5. The highest BCUT2D eigenvalue weighted by molar-refractivity contribution is 5.98. The van der Waals surface area contributed by atoms with E-state index in [1.807, 2.05) is 51.9 Å². The predicted molar refractivity (Wildman–Crippen MR) is 159 cm³/mol. The minimum absolute atomic E-state index is 0.0692. The molecule has 1 saturated carbocycles. The Hall–Kier alpha value is -3.60. The van der Waals surface area contributed by atoms with Crippen LogP contribution in [0.2, 0.25) is 0 Å². The van der Waals surface area contributed by atoms with Crippen molar-refractivity contribution in [2.45, 2.75) is 49.8 Å². The van der Waals surface area contributed by atoms with Crippen molar-refractivity contribution in [2.24, 2.45) is 0 Å². The van der Waals surface area contributed by atoms with Gasteiger partial charge in [0.25, 0.3) is 5.91 Å². The van der Waals surface area contributed by atoms with Gasteiger partial charge in [-0.2, -0.15) is 0 Å². The lowest BCUT2D eigenvalue weighted by Gasteiger charge is -2.41. The van der Waals surface area contributed by atoms with Crippen LogP contribution in [0.1, 0.15) is 48.6 Å². The van der Waals surface area contributed by atoms with Gasteiger partial charge in [0.2, 0.25) is 0 Å². The molecule has 2 N–H and O–H groups in total. The van der Waals surface area contributed by atoms with Gasteiger partial charge in [0, 0.05) is 50.8 Å². The lowest BCUT2D eigenvalue weighted by atomic mass is 9.80. The molecule has 10 nitrogen and oxygen atoms in total.